The summed E-state index contributed by atoms with van der Waals surface area (Å²) in [6, 6.07) is 0. The molecule has 0 aromatic carbocycles. The van der Waals surface area contributed by atoms with Gasteiger partial charge in [-0.05, 0) is 11.6 Å². The fraction of sp³-hybridized carbons (Fsp3) is 0.800. The third-order valence-electron chi connectivity index (χ3n) is 2.44. The fourth-order valence-electron chi connectivity index (χ4n) is 1.41. The Bertz CT molecular complexity index is 488. The third-order valence-corrected chi connectivity index (χ3v) is 4.41. The smallest absolute Gasteiger partial charge is 0.225 e. The van der Waals surface area contributed by atoms with Gasteiger partial charge in [-0.2, -0.15) is 0 Å². The largest absolute Gasteiger partial charge is 0.300 e. The van der Waals surface area contributed by atoms with Crippen LogP contribution in [0.4, 0.5) is 0 Å². The van der Waals surface area contributed by atoms with Crippen molar-refractivity contribution in [1.82, 2.24) is 14.8 Å². The Morgan fingerprint density at radius 3 is 2.35 bits per heavy atom. The summed E-state index contributed by atoms with van der Waals surface area (Å²) in [4.78, 5) is 0. The Morgan fingerprint density at radius 2 is 1.88 bits per heavy atom. The standard InChI is InChI=1S/C10H18ClN3O2S/c1-5-17(15,16)7-6-14-8(10(2,3)4)12-13-9(14)11/h5-7H2,1-4H3. The number of nitrogens with zero attached hydrogens (tertiary/aromatic N) is 3. The molecule has 1 rings (SSSR count). The second-order valence-electron chi connectivity index (χ2n) is 4.93. The van der Waals surface area contributed by atoms with Crippen LogP contribution in [0.3, 0.4) is 0 Å². The number of hydrogen-bond acceptors (Lipinski definition) is 4. The lowest BCUT2D eigenvalue weighted by molar-refractivity contribution is 0.503. The summed E-state index contributed by atoms with van der Waals surface area (Å²) in [6.45, 7) is 7.89. The van der Waals surface area contributed by atoms with Crippen molar-refractivity contribution < 1.29 is 8.42 Å². The molecule has 0 aliphatic heterocycles. The Hall–Kier alpha value is -0.620. The Labute approximate surface area is 107 Å². The number of sulfone groups is 1. The van der Waals surface area contributed by atoms with E-state index in [1.807, 2.05) is 20.8 Å². The number of aromatic nitrogens is 3. The highest BCUT2D eigenvalue weighted by Gasteiger charge is 2.23. The SMILES string of the molecule is CCS(=O)(=O)CCn1c(Cl)nnc1C(C)(C)C. The lowest BCUT2D eigenvalue weighted by atomic mass is 9.96. The van der Waals surface area contributed by atoms with Crippen LogP contribution in [0.15, 0.2) is 0 Å². The maximum atomic E-state index is 11.5. The van der Waals surface area contributed by atoms with Gasteiger partial charge in [0.25, 0.3) is 0 Å². The molecule has 0 fully saturated rings. The van der Waals surface area contributed by atoms with Gasteiger partial charge in [-0.1, -0.05) is 27.7 Å². The maximum Gasteiger partial charge on any atom is 0.225 e. The van der Waals surface area contributed by atoms with Crippen LogP contribution in [0.5, 0.6) is 0 Å². The predicted octanol–water partition coefficient (Wildman–Crippen LogP) is 1.66. The van der Waals surface area contributed by atoms with E-state index in [9.17, 15) is 8.42 Å². The van der Waals surface area contributed by atoms with E-state index in [1.165, 1.54) is 0 Å². The van der Waals surface area contributed by atoms with Gasteiger partial charge in [-0.25, -0.2) is 8.42 Å². The number of rotatable bonds is 4. The molecule has 0 aliphatic rings. The molecule has 0 spiro atoms. The highest BCUT2D eigenvalue weighted by molar-refractivity contribution is 7.91. The zero-order chi connectivity index (χ0) is 13.3. The summed E-state index contributed by atoms with van der Waals surface area (Å²) < 4.78 is 24.6. The van der Waals surface area contributed by atoms with Crippen molar-refractivity contribution in [2.45, 2.75) is 39.7 Å². The van der Waals surface area contributed by atoms with Crippen LogP contribution < -0.4 is 0 Å². The van der Waals surface area contributed by atoms with Gasteiger partial charge in [0.15, 0.2) is 9.84 Å². The molecule has 0 bridgehead atoms. The summed E-state index contributed by atoms with van der Waals surface area (Å²) in [5.41, 5.74) is -0.212. The molecular formula is C10H18ClN3O2S. The molecule has 98 valence electrons. The summed E-state index contributed by atoms with van der Waals surface area (Å²) in [7, 11) is -3.01. The minimum absolute atomic E-state index is 0.0599. The molecule has 1 heterocycles. The van der Waals surface area contributed by atoms with E-state index >= 15 is 0 Å². The van der Waals surface area contributed by atoms with Gasteiger partial charge in [0, 0.05) is 17.7 Å². The van der Waals surface area contributed by atoms with Crippen molar-refractivity contribution >= 4 is 21.4 Å². The van der Waals surface area contributed by atoms with Crippen LogP contribution in [0.25, 0.3) is 0 Å². The fourth-order valence-corrected chi connectivity index (χ4v) is 2.36. The van der Waals surface area contributed by atoms with E-state index in [4.69, 9.17) is 11.6 Å². The molecule has 0 amide bonds. The van der Waals surface area contributed by atoms with E-state index in [0.29, 0.717) is 12.4 Å². The molecule has 0 aliphatic carbocycles. The van der Waals surface area contributed by atoms with Crippen LogP contribution in [0.2, 0.25) is 5.28 Å². The molecule has 0 saturated carbocycles. The van der Waals surface area contributed by atoms with E-state index in [2.05, 4.69) is 10.2 Å². The molecular weight excluding hydrogens is 262 g/mol. The molecule has 0 atom stereocenters. The van der Waals surface area contributed by atoms with Crippen LogP contribution in [0, 0.1) is 0 Å². The van der Waals surface area contributed by atoms with E-state index < -0.39 is 9.84 Å². The number of halogens is 1. The average molecular weight is 280 g/mol. The Kier molecular flexibility index (Phi) is 4.19. The Balaban J connectivity index is 2.96. The van der Waals surface area contributed by atoms with Gasteiger partial charge in [0.05, 0.1) is 5.75 Å². The lowest BCUT2D eigenvalue weighted by Crippen LogP contribution is -2.22. The van der Waals surface area contributed by atoms with Crippen LogP contribution in [-0.4, -0.2) is 34.7 Å². The Morgan fingerprint density at radius 1 is 1.29 bits per heavy atom. The quantitative estimate of drug-likeness (QED) is 0.841. The topological polar surface area (TPSA) is 64.8 Å². The van der Waals surface area contributed by atoms with Gasteiger partial charge in [-0.3, -0.25) is 0 Å². The van der Waals surface area contributed by atoms with Gasteiger partial charge in [0.1, 0.15) is 5.82 Å². The van der Waals surface area contributed by atoms with E-state index in [-0.39, 0.29) is 22.2 Å². The zero-order valence-corrected chi connectivity index (χ0v) is 12.1. The van der Waals surface area contributed by atoms with Crippen molar-refractivity contribution in [3.63, 3.8) is 0 Å². The van der Waals surface area contributed by atoms with Crippen LogP contribution >= 0.6 is 11.6 Å². The molecule has 0 saturated heterocycles. The van der Waals surface area contributed by atoms with Crippen molar-refractivity contribution in [3.8, 4) is 0 Å². The molecule has 0 N–H and O–H groups in total. The highest BCUT2D eigenvalue weighted by atomic mass is 35.5. The minimum atomic E-state index is -3.01. The van der Waals surface area contributed by atoms with Crippen LogP contribution in [0.1, 0.15) is 33.5 Å². The van der Waals surface area contributed by atoms with Crippen molar-refractivity contribution in [2.24, 2.45) is 0 Å². The molecule has 1 aromatic rings. The summed E-state index contributed by atoms with van der Waals surface area (Å²) >= 11 is 5.92. The highest BCUT2D eigenvalue weighted by Crippen LogP contribution is 2.22. The third kappa shape index (κ3) is 3.67. The first kappa shape index (κ1) is 14.4. The van der Waals surface area contributed by atoms with Gasteiger partial charge in [-0.15, -0.1) is 10.2 Å². The second kappa shape index (κ2) is 4.94. The maximum absolute atomic E-state index is 11.5. The molecule has 5 nitrogen and oxygen atoms in total. The van der Waals surface area contributed by atoms with Crippen molar-refractivity contribution in [1.29, 1.82) is 0 Å². The molecule has 17 heavy (non-hydrogen) atoms. The monoisotopic (exact) mass is 279 g/mol. The first-order valence-corrected chi connectivity index (χ1v) is 7.67. The number of hydrogen-bond donors (Lipinski definition) is 0. The normalized spacial score (nSPS) is 13.0. The van der Waals surface area contributed by atoms with Crippen LogP contribution in [-0.2, 0) is 21.8 Å². The summed E-state index contributed by atoms with van der Waals surface area (Å²) in [6.07, 6.45) is 0. The summed E-state index contributed by atoms with van der Waals surface area (Å²) in [5.74, 6) is 0.899. The molecule has 0 unspecified atom stereocenters. The lowest BCUT2D eigenvalue weighted by Gasteiger charge is -2.18. The summed E-state index contributed by atoms with van der Waals surface area (Å²) in [5, 5.41) is 8.03. The first-order valence-electron chi connectivity index (χ1n) is 5.47. The second-order valence-corrected chi connectivity index (χ2v) is 7.74. The van der Waals surface area contributed by atoms with E-state index in [1.54, 1.807) is 11.5 Å². The average Bonchev–Trinajstić information content (AvgIpc) is 2.56. The molecule has 0 radical (unpaired) electrons. The zero-order valence-electron chi connectivity index (χ0n) is 10.6. The first-order chi connectivity index (χ1) is 7.67. The van der Waals surface area contributed by atoms with Gasteiger partial charge in [0.2, 0.25) is 5.28 Å². The molecule has 1 aromatic heterocycles. The minimum Gasteiger partial charge on any atom is -0.300 e. The van der Waals surface area contributed by atoms with Crippen molar-refractivity contribution in [3.05, 3.63) is 11.1 Å². The van der Waals surface area contributed by atoms with Gasteiger partial charge >= 0.3 is 0 Å². The van der Waals surface area contributed by atoms with E-state index in [0.717, 1.165) is 0 Å². The van der Waals surface area contributed by atoms with Crippen molar-refractivity contribution in [2.75, 3.05) is 11.5 Å². The molecule has 7 heteroatoms. The predicted molar refractivity (Wildman–Crippen MR) is 68.1 cm³/mol. The van der Waals surface area contributed by atoms with Gasteiger partial charge < -0.3 is 4.57 Å².